The Morgan fingerprint density at radius 2 is 2.19 bits per heavy atom. The van der Waals surface area contributed by atoms with E-state index in [-0.39, 0.29) is 5.97 Å². The summed E-state index contributed by atoms with van der Waals surface area (Å²) in [6, 6.07) is 7.84. The highest BCUT2D eigenvalue weighted by atomic mass is 32.1. The molecule has 6 heteroatoms. The van der Waals surface area contributed by atoms with Crippen molar-refractivity contribution in [3.8, 4) is 5.75 Å². The zero-order valence-corrected chi connectivity index (χ0v) is 12.9. The average molecular weight is 306 g/mol. The number of hydrogen-bond acceptors (Lipinski definition) is 6. The van der Waals surface area contributed by atoms with Crippen LogP contribution >= 0.6 is 11.3 Å². The van der Waals surface area contributed by atoms with Crippen LogP contribution in [-0.4, -0.2) is 24.6 Å². The molecule has 0 fully saturated rings. The zero-order valence-electron chi connectivity index (χ0n) is 12.1. The Balaban J connectivity index is 1.99. The van der Waals surface area contributed by atoms with Crippen LogP contribution in [0.5, 0.6) is 5.75 Å². The number of hydrogen-bond donors (Lipinski definition) is 1. The van der Waals surface area contributed by atoms with E-state index in [0.717, 1.165) is 23.6 Å². The lowest BCUT2D eigenvalue weighted by Gasteiger charge is -2.09. The van der Waals surface area contributed by atoms with E-state index in [1.54, 1.807) is 6.92 Å². The molecule has 0 spiro atoms. The predicted octanol–water partition coefficient (Wildman–Crippen LogP) is 2.62. The predicted molar refractivity (Wildman–Crippen MR) is 81.6 cm³/mol. The number of esters is 1. The molecule has 0 aliphatic carbocycles. The maximum atomic E-state index is 11.5. The quantitative estimate of drug-likeness (QED) is 0.797. The summed E-state index contributed by atoms with van der Waals surface area (Å²) in [6.45, 7) is 3.19. The molecule has 112 valence electrons. The molecular weight excluding hydrogens is 288 g/mol. The lowest BCUT2D eigenvalue weighted by molar-refractivity contribution is 0.0525. The highest BCUT2D eigenvalue weighted by molar-refractivity contribution is 7.11. The monoisotopic (exact) mass is 306 g/mol. The van der Waals surface area contributed by atoms with Crippen LogP contribution in [0.25, 0.3) is 0 Å². The molecule has 0 amide bonds. The Labute approximate surface area is 127 Å². The molecule has 0 unspecified atom stereocenters. The van der Waals surface area contributed by atoms with Crippen molar-refractivity contribution < 1.29 is 14.3 Å². The van der Waals surface area contributed by atoms with Gasteiger partial charge in [0.05, 0.1) is 12.3 Å². The van der Waals surface area contributed by atoms with Crippen LogP contribution in [0.15, 0.2) is 29.6 Å². The summed E-state index contributed by atoms with van der Waals surface area (Å²) in [5.74, 6) is 0.432. The van der Waals surface area contributed by atoms with E-state index in [9.17, 15) is 4.79 Å². The summed E-state index contributed by atoms with van der Waals surface area (Å²) in [7, 11) is 1.89. The Bertz CT molecular complexity index is 598. The lowest BCUT2D eigenvalue weighted by atomic mass is 10.2. The van der Waals surface area contributed by atoms with Gasteiger partial charge in [0.2, 0.25) is 5.01 Å². The second-order valence-electron chi connectivity index (χ2n) is 4.29. The summed E-state index contributed by atoms with van der Waals surface area (Å²) < 4.78 is 10.7. The molecule has 0 saturated heterocycles. The second-order valence-corrected chi connectivity index (χ2v) is 5.15. The first-order valence-corrected chi connectivity index (χ1v) is 7.59. The highest BCUT2D eigenvalue weighted by Gasteiger charge is 2.12. The SMILES string of the molecule is CCOC(=O)c1nc(COc2ccccc2CNC)cs1. The van der Waals surface area contributed by atoms with Crippen molar-refractivity contribution >= 4 is 17.3 Å². The fourth-order valence-corrected chi connectivity index (χ4v) is 2.49. The summed E-state index contributed by atoms with van der Waals surface area (Å²) in [6.07, 6.45) is 0. The van der Waals surface area contributed by atoms with E-state index >= 15 is 0 Å². The molecule has 0 radical (unpaired) electrons. The van der Waals surface area contributed by atoms with Crippen LogP contribution in [-0.2, 0) is 17.9 Å². The number of carbonyl (C=O) groups is 1. The van der Waals surface area contributed by atoms with Crippen molar-refractivity contribution in [3.05, 3.63) is 45.9 Å². The molecule has 1 aromatic carbocycles. The molecule has 0 atom stereocenters. The maximum absolute atomic E-state index is 11.5. The molecule has 0 bridgehead atoms. The first kappa shape index (κ1) is 15.5. The number of carbonyl (C=O) groups excluding carboxylic acids is 1. The van der Waals surface area contributed by atoms with Crippen LogP contribution in [0.2, 0.25) is 0 Å². The molecule has 5 nitrogen and oxygen atoms in total. The van der Waals surface area contributed by atoms with E-state index < -0.39 is 0 Å². The average Bonchev–Trinajstić information content (AvgIpc) is 2.96. The Morgan fingerprint density at radius 3 is 2.95 bits per heavy atom. The molecular formula is C15H18N2O3S. The van der Waals surface area contributed by atoms with Gasteiger partial charge in [0.25, 0.3) is 0 Å². The molecule has 0 aliphatic heterocycles. The van der Waals surface area contributed by atoms with Crippen molar-refractivity contribution in [2.45, 2.75) is 20.1 Å². The third-order valence-corrected chi connectivity index (χ3v) is 3.59. The van der Waals surface area contributed by atoms with Crippen molar-refractivity contribution in [2.75, 3.05) is 13.7 Å². The van der Waals surface area contributed by atoms with E-state index in [2.05, 4.69) is 10.3 Å². The zero-order chi connectivity index (χ0) is 15.1. The molecule has 1 aromatic heterocycles. The number of aromatic nitrogens is 1. The van der Waals surface area contributed by atoms with Crippen LogP contribution in [0.1, 0.15) is 28.0 Å². The second kappa shape index (κ2) is 7.75. The van der Waals surface area contributed by atoms with E-state index in [1.807, 2.05) is 36.7 Å². The van der Waals surface area contributed by atoms with E-state index in [4.69, 9.17) is 9.47 Å². The van der Waals surface area contributed by atoms with Crippen LogP contribution in [0, 0.1) is 0 Å². The van der Waals surface area contributed by atoms with E-state index in [1.165, 1.54) is 11.3 Å². The van der Waals surface area contributed by atoms with Gasteiger partial charge in [-0.3, -0.25) is 0 Å². The highest BCUT2D eigenvalue weighted by Crippen LogP contribution is 2.20. The summed E-state index contributed by atoms with van der Waals surface area (Å²) >= 11 is 1.27. The molecule has 2 rings (SSSR count). The minimum atomic E-state index is -0.385. The van der Waals surface area contributed by atoms with Gasteiger partial charge in [-0.1, -0.05) is 18.2 Å². The first-order chi connectivity index (χ1) is 10.2. The van der Waals surface area contributed by atoms with Gasteiger partial charge in [-0.15, -0.1) is 11.3 Å². The maximum Gasteiger partial charge on any atom is 0.367 e. The lowest BCUT2D eigenvalue weighted by Crippen LogP contribution is -2.08. The number of thiazole rings is 1. The fourth-order valence-electron chi connectivity index (χ4n) is 1.79. The van der Waals surface area contributed by atoms with Gasteiger partial charge in [0.15, 0.2) is 0 Å². The van der Waals surface area contributed by atoms with Gasteiger partial charge in [-0.05, 0) is 20.0 Å². The molecule has 2 aromatic rings. The number of nitrogens with zero attached hydrogens (tertiary/aromatic N) is 1. The fraction of sp³-hybridized carbons (Fsp3) is 0.333. The number of benzene rings is 1. The van der Waals surface area contributed by atoms with Gasteiger partial charge < -0.3 is 14.8 Å². The van der Waals surface area contributed by atoms with Crippen molar-refractivity contribution in [1.82, 2.24) is 10.3 Å². The molecule has 1 heterocycles. The van der Waals surface area contributed by atoms with Gasteiger partial charge in [0.1, 0.15) is 12.4 Å². The number of para-hydroxylation sites is 1. The van der Waals surface area contributed by atoms with Crippen molar-refractivity contribution in [1.29, 1.82) is 0 Å². The van der Waals surface area contributed by atoms with Crippen molar-refractivity contribution in [2.24, 2.45) is 0 Å². The van der Waals surface area contributed by atoms with E-state index in [0.29, 0.717) is 18.2 Å². The molecule has 21 heavy (non-hydrogen) atoms. The summed E-state index contributed by atoms with van der Waals surface area (Å²) in [4.78, 5) is 15.8. The molecule has 0 saturated carbocycles. The minimum Gasteiger partial charge on any atom is -0.487 e. The Kier molecular flexibility index (Phi) is 5.71. The Morgan fingerprint density at radius 1 is 1.38 bits per heavy atom. The molecule has 0 aliphatic rings. The standard InChI is InChI=1S/C15H18N2O3S/c1-3-19-15(18)14-17-12(10-21-14)9-20-13-7-5-4-6-11(13)8-16-2/h4-7,10,16H,3,8-9H2,1-2H3. The van der Waals surface area contributed by atoms with Gasteiger partial charge in [0, 0.05) is 17.5 Å². The van der Waals surface area contributed by atoms with Gasteiger partial charge in [-0.2, -0.15) is 0 Å². The normalized spacial score (nSPS) is 10.4. The van der Waals surface area contributed by atoms with Crippen molar-refractivity contribution in [3.63, 3.8) is 0 Å². The number of nitrogens with one attached hydrogen (secondary N) is 1. The summed E-state index contributed by atoms with van der Waals surface area (Å²) in [5.41, 5.74) is 1.81. The largest absolute Gasteiger partial charge is 0.487 e. The van der Waals surface area contributed by atoms with Crippen LogP contribution in [0.3, 0.4) is 0 Å². The van der Waals surface area contributed by atoms with Crippen LogP contribution in [0.4, 0.5) is 0 Å². The molecule has 1 N–H and O–H groups in total. The number of ether oxygens (including phenoxy) is 2. The topological polar surface area (TPSA) is 60.5 Å². The summed E-state index contributed by atoms with van der Waals surface area (Å²) in [5, 5.41) is 5.27. The van der Waals surface area contributed by atoms with Gasteiger partial charge in [-0.25, -0.2) is 9.78 Å². The third kappa shape index (κ3) is 4.27. The third-order valence-electron chi connectivity index (χ3n) is 2.72. The van der Waals surface area contributed by atoms with Crippen LogP contribution < -0.4 is 10.1 Å². The minimum absolute atomic E-state index is 0.330. The smallest absolute Gasteiger partial charge is 0.367 e. The number of rotatable bonds is 7. The first-order valence-electron chi connectivity index (χ1n) is 6.71. The van der Waals surface area contributed by atoms with Gasteiger partial charge >= 0.3 is 5.97 Å². The Hall–Kier alpha value is -1.92.